The summed E-state index contributed by atoms with van der Waals surface area (Å²) < 4.78 is 56.1. The highest BCUT2D eigenvalue weighted by Gasteiger charge is 2.40. The zero-order chi connectivity index (χ0) is 20.2. The number of unbranched alkanes of at least 4 members (excludes halogenated alkanes) is 1. The molecule has 0 atom stereocenters. The van der Waals surface area contributed by atoms with E-state index in [1.807, 2.05) is 0 Å². The molecule has 3 nitrogen and oxygen atoms in total. The molecule has 0 aliphatic heterocycles. The van der Waals surface area contributed by atoms with Crippen LogP contribution in [-0.4, -0.2) is 28.6 Å². The molecule has 1 aromatic rings. The molecular weight excluding hydrogens is 373 g/mol. The fourth-order valence-electron chi connectivity index (χ4n) is 2.65. The maximum absolute atomic E-state index is 12.6. The number of halogens is 3. The van der Waals surface area contributed by atoms with Gasteiger partial charge in [0.15, 0.2) is 0 Å². The molecule has 0 aromatic heterocycles. The number of hydrogen-bond donors (Lipinski definition) is 0. The van der Waals surface area contributed by atoms with Gasteiger partial charge in [0.05, 0.1) is 5.56 Å². The third kappa shape index (κ3) is 9.23. The molecule has 156 valence electrons. The summed E-state index contributed by atoms with van der Waals surface area (Å²) in [6, 6.07) is 6.15. The highest BCUT2D eigenvalue weighted by atomic mass is 28.4. The predicted molar refractivity (Wildman–Crippen MR) is 104 cm³/mol. The zero-order valence-corrected chi connectivity index (χ0v) is 17.7. The van der Waals surface area contributed by atoms with Crippen molar-refractivity contribution in [1.29, 1.82) is 0 Å². The predicted octanol–water partition coefficient (Wildman–Crippen LogP) is 6.25. The lowest BCUT2D eigenvalue weighted by Crippen LogP contribution is -2.46. The lowest BCUT2D eigenvalue weighted by molar-refractivity contribution is -0.137. The van der Waals surface area contributed by atoms with Crippen LogP contribution in [0.1, 0.15) is 64.0 Å². The van der Waals surface area contributed by atoms with Crippen molar-refractivity contribution < 1.29 is 26.4 Å². The Morgan fingerprint density at radius 1 is 0.778 bits per heavy atom. The van der Waals surface area contributed by atoms with Crippen molar-refractivity contribution in [2.24, 2.45) is 0 Å². The van der Waals surface area contributed by atoms with Gasteiger partial charge in [-0.15, -0.1) is 0 Å². The topological polar surface area (TPSA) is 27.7 Å². The van der Waals surface area contributed by atoms with Crippen LogP contribution < -0.4 is 0 Å². The molecule has 1 rings (SSSR count). The molecule has 0 spiro atoms. The van der Waals surface area contributed by atoms with Crippen LogP contribution in [0, 0.1) is 0 Å². The van der Waals surface area contributed by atoms with Crippen LogP contribution in [0.3, 0.4) is 0 Å². The average molecular weight is 407 g/mol. The van der Waals surface area contributed by atoms with Crippen molar-refractivity contribution in [2.75, 3.05) is 19.8 Å². The molecule has 0 aliphatic carbocycles. The van der Waals surface area contributed by atoms with Gasteiger partial charge < -0.3 is 13.3 Å². The van der Waals surface area contributed by atoms with Gasteiger partial charge in [-0.2, -0.15) is 13.2 Å². The summed E-state index contributed by atoms with van der Waals surface area (Å²) in [5.41, 5.74) is 0.306. The maximum atomic E-state index is 12.6. The first kappa shape index (κ1) is 24.1. The number of benzene rings is 1. The summed E-state index contributed by atoms with van der Waals surface area (Å²) in [6.07, 6.45) is 0.901. The normalized spacial score (nSPS) is 12.5. The summed E-state index contributed by atoms with van der Waals surface area (Å²) in [7, 11) is -2.68. The Balaban J connectivity index is 2.57. The Hall–Kier alpha value is -0.893. The SMILES string of the molecule is CCCO[Si](CCCCc1ccc(C(F)(F)F)cc1)(OCCC)OCCC. The van der Waals surface area contributed by atoms with Crippen molar-refractivity contribution in [3.8, 4) is 0 Å². The van der Waals surface area contributed by atoms with Crippen LogP contribution in [0.25, 0.3) is 0 Å². The fraction of sp³-hybridized carbons (Fsp3) is 0.700. The second-order valence-corrected chi connectivity index (χ2v) is 9.36. The van der Waals surface area contributed by atoms with E-state index in [0.29, 0.717) is 19.8 Å². The summed E-state index contributed by atoms with van der Waals surface area (Å²) in [6.45, 7) is 8.05. The van der Waals surface area contributed by atoms with Gasteiger partial charge in [0.25, 0.3) is 0 Å². The van der Waals surface area contributed by atoms with Crippen molar-refractivity contribution in [3.05, 3.63) is 35.4 Å². The smallest absolute Gasteiger partial charge is 0.373 e. The molecule has 0 saturated heterocycles. The molecule has 0 radical (unpaired) electrons. The lowest BCUT2D eigenvalue weighted by Gasteiger charge is -2.29. The number of aryl methyl sites for hydroxylation is 1. The summed E-state index contributed by atoms with van der Waals surface area (Å²) in [5.74, 6) is 0. The molecule has 0 aliphatic rings. The van der Waals surface area contributed by atoms with E-state index in [-0.39, 0.29) is 0 Å². The largest absolute Gasteiger partial charge is 0.500 e. The minimum atomic E-state index is -4.28. The molecule has 1 aromatic carbocycles. The van der Waals surface area contributed by atoms with E-state index in [4.69, 9.17) is 13.3 Å². The molecular formula is C20H33F3O3Si. The first-order valence-electron chi connectivity index (χ1n) is 9.95. The molecule has 27 heavy (non-hydrogen) atoms. The number of hydrogen-bond acceptors (Lipinski definition) is 3. The van der Waals surface area contributed by atoms with E-state index in [0.717, 1.165) is 62.3 Å². The van der Waals surface area contributed by atoms with Gasteiger partial charge in [-0.3, -0.25) is 0 Å². The first-order chi connectivity index (χ1) is 12.9. The average Bonchev–Trinajstić information content (AvgIpc) is 2.65. The molecule has 0 saturated carbocycles. The Bertz CT molecular complexity index is 484. The van der Waals surface area contributed by atoms with Gasteiger partial charge >= 0.3 is 15.0 Å². The van der Waals surface area contributed by atoms with Crippen LogP contribution in [0.2, 0.25) is 6.04 Å². The van der Waals surface area contributed by atoms with Gasteiger partial charge in [0.1, 0.15) is 0 Å². The van der Waals surface area contributed by atoms with Crippen molar-refractivity contribution >= 4 is 8.80 Å². The third-order valence-electron chi connectivity index (χ3n) is 4.06. The van der Waals surface area contributed by atoms with E-state index < -0.39 is 20.5 Å². The van der Waals surface area contributed by atoms with Gasteiger partial charge in [-0.05, 0) is 56.2 Å². The van der Waals surface area contributed by atoms with Gasteiger partial charge in [-0.1, -0.05) is 32.9 Å². The van der Waals surface area contributed by atoms with Crippen LogP contribution in [0.5, 0.6) is 0 Å². The minimum absolute atomic E-state index is 0.605. The highest BCUT2D eigenvalue weighted by Crippen LogP contribution is 2.29. The van der Waals surface area contributed by atoms with Gasteiger partial charge in [0, 0.05) is 25.9 Å². The standard InChI is InChI=1S/C20H33F3O3Si/c1-4-14-24-27(25-15-5-2,26-16-6-3)17-8-7-9-18-10-12-19(13-11-18)20(21,22)23/h10-13H,4-9,14-17H2,1-3H3. The van der Waals surface area contributed by atoms with E-state index in [1.165, 1.54) is 0 Å². The van der Waals surface area contributed by atoms with Crippen LogP contribution in [-0.2, 0) is 25.9 Å². The third-order valence-corrected chi connectivity index (χ3v) is 6.96. The lowest BCUT2D eigenvalue weighted by atomic mass is 10.1. The van der Waals surface area contributed by atoms with Gasteiger partial charge in [0.2, 0.25) is 0 Å². The summed E-state index contributed by atoms with van der Waals surface area (Å²) in [5, 5.41) is 0. The Labute approximate surface area is 162 Å². The quantitative estimate of drug-likeness (QED) is 0.270. The fourth-order valence-corrected chi connectivity index (χ4v) is 5.56. The van der Waals surface area contributed by atoms with E-state index >= 15 is 0 Å². The van der Waals surface area contributed by atoms with Crippen molar-refractivity contribution in [2.45, 2.75) is 71.5 Å². The van der Waals surface area contributed by atoms with Crippen LogP contribution in [0.4, 0.5) is 13.2 Å². The zero-order valence-electron chi connectivity index (χ0n) is 16.7. The Morgan fingerprint density at radius 3 is 1.67 bits per heavy atom. The number of rotatable bonds is 14. The van der Waals surface area contributed by atoms with Gasteiger partial charge in [-0.25, -0.2) is 0 Å². The second-order valence-electron chi connectivity index (χ2n) is 6.63. The van der Waals surface area contributed by atoms with Crippen molar-refractivity contribution in [1.82, 2.24) is 0 Å². The minimum Gasteiger partial charge on any atom is -0.373 e. The molecule has 0 unspecified atom stereocenters. The first-order valence-corrected chi connectivity index (χ1v) is 11.9. The molecule has 0 fully saturated rings. The van der Waals surface area contributed by atoms with E-state index in [2.05, 4.69) is 20.8 Å². The van der Waals surface area contributed by atoms with Crippen LogP contribution >= 0.6 is 0 Å². The monoisotopic (exact) mass is 406 g/mol. The number of alkyl halides is 3. The second kappa shape index (κ2) is 12.5. The van der Waals surface area contributed by atoms with E-state index in [1.54, 1.807) is 12.1 Å². The summed E-state index contributed by atoms with van der Waals surface area (Å²) >= 11 is 0. The Morgan fingerprint density at radius 2 is 1.26 bits per heavy atom. The molecule has 0 amide bonds. The molecule has 0 bridgehead atoms. The van der Waals surface area contributed by atoms with E-state index in [9.17, 15) is 13.2 Å². The molecule has 0 heterocycles. The molecule has 0 N–H and O–H groups in total. The maximum Gasteiger partial charge on any atom is 0.500 e. The molecule has 7 heteroatoms. The highest BCUT2D eigenvalue weighted by molar-refractivity contribution is 6.60. The summed E-state index contributed by atoms with van der Waals surface area (Å²) in [4.78, 5) is 0. The van der Waals surface area contributed by atoms with Crippen LogP contribution in [0.15, 0.2) is 24.3 Å². The van der Waals surface area contributed by atoms with Crippen molar-refractivity contribution in [3.63, 3.8) is 0 Å². The Kier molecular flexibility index (Phi) is 11.2.